The summed E-state index contributed by atoms with van der Waals surface area (Å²) in [5, 5.41) is 16.1. The molecule has 0 aromatic heterocycles. The molecule has 0 radical (unpaired) electrons. The zero-order valence-corrected chi connectivity index (χ0v) is 13.1. The number of benzene rings is 1. The van der Waals surface area contributed by atoms with Crippen LogP contribution < -0.4 is 10.6 Å². The maximum absolute atomic E-state index is 12.2. The van der Waals surface area contributed by atoms with E-state index in [0.717, 1.165) is 29.5 Å². The van der Waals surface area contributed by atoms with Crippen molar-refractivity contribution in [1.29, 1.82) is 0 Å². The van der Waals surface area contributed by atoms with E-state index in [4.69, 9.17) is 0 Å². The average Bonchev–Trinajstić information content (AvgIpc) is 2.42. The van der Waals surface area contributed by atoms with Crippen molar-refractivity contribution in [2.45, 2.75) is 25.8 Å². The van der Waals surface area contributed by atoms with Crippen LogP contribution in [0.15, 0.2) is 18.2 Å². The van der Waals surface area contributed by atoms with Crippen LogP contribution in [0.25, 0.3) is 0 Å². The summed E-state index contributed by atoms with van der Waals surface area (Å²) in [6, 6.07) is 5.15. The molecule has 2 atom stereocenters. The highest BCUT2D eigenvalue weighted by atomic mass is 127. The number of piperidine rings is 1. The number of nitrogens with one attached hydrogen (secondary N) is 2. The highest BCUT2D eigenvalue weighted by Gasteiger charge is 2.22. The van der Waals surface area contributed by atoms with Gasteiger partial charge in [-0.15, -0.1) is 0 Å². The number of carbonyl (C=O) groups excluding carboxylic acids is 1. The lowest BCUT2D eigenvalue weighted by molar-refractivity contribution is 0.0919. The third-order valence-electron chi connectivity index (χ3n) is 3.60. The number of hydrogen-bond donors (Lipinski definition) is 3. The lowest BCUT2D eigenvalue weighted by atomic mass is 9.92. The molecule has 0 saturated carbocycles. The Balaban J connectivity index is 2.01. The SMILES string of the molecule is CC(NC(=O)c1cc(I)ccc1O)C1CCCNC1. The van der Waals surface area contributed by atoms with E-state index in [-0.39, 0.29) is 17.7 Å². The Hall–Kier alpha value is -0.820. The van der Waals surface area contributed by atoms with Gasteiger partial charge < -0.3 is 15.7 Å². The molecule has 2 unspecified atom stereocenters. The van der Waals surface area contributed by atoms with Crippen molar-refractivity contribution >= 4 is 28.5 Å². The molecule has 4 nitrogen and oxygen atoms in total. The molecule has 1 amide bonds. The van der Waals surface area contributed by atoms with E-state index in [1.54, 1.807) is 18.2 Å². The van der Waals surface area contributed by atoms with Crippen molar-refractivity contribution < 1.29 is 9.90 Å². The molecule has 1 aromatic rings. The van der Waals surface area contributed by atoms with E-state index in [2.05, 4.69) is 33.2 Å². The third-order valence-corrected chi connectivity index (χ3v) is 4.28. The molecular weight excluding hydrogens is 355 g/mol. The van der Waals surface area contributed by atoms with Crippen LogP contribution in [0.5, 0.6) is 5.75 Å². The fraction of sp³-hybridized carbons (Fsp3) is 0.500. The van der Waals surface area contributed by atoms with Crippen molar-refractivity contribution in [1.82, 2.24) is 10.6 Å². The van der Waals surface area contributed by atoms with Gasteiger partial charge in [-0.3, -0.25) is 4.79 Å². The molecular formula is C14H19IN2O2. The minimum atomic E-state index is -0.200. The highest BCUT2D eigenvalue weighted by molar-refractivity contribution is 14.1. The summed E-state index contributed by atoms with van der Waals surface area (Å²) in [5.74, 6) is 0.295. The van der Waals surface area contributed by atoms with Crippen LogP contribution in [0.3, 0.4) is 0 Å². The number of rotatable bonds is 3. The Morgan fingerprint density at radius 2 is 2.37 bits per heavy atom. The highest BCUT2D eigenvalue weighted by Crippen LogP contribution is 2.21. The van der Waals surface area contributed by atoms with Gasteiger partial charge in [0.05, 0.1) is 5.56 Å². The van der Waals surface area contributed by atoms with Gasteiger partial charge in [-0.1, -0.05) is 0 Å². The van der Waals surface area contributed by atoms with Crippen LogP contribution in [-0.4, -0.2) is 30.1 Å². The predicted molar refractivity (Wildman–Crippen MR) is 83.3 cm³/mol. The first-order valence-electron chi connectivity index (χ1n) is 6.58. The lowest BCUT2D eigenvalue weighted by Gasteiger charge is -2.29. The molecule has 0 spiro atoms. The zero-order valence-electron chi connectivity index (χ0n) is 10.9. The molecule has 1 heterocycles. The number of halogens is 1. The first kappa shape index (κ1) is 14.6. The van der Waals surface area contributed by atoms with Crippen molar-refractivity contribution in [3.05, 3.63) is 27.3 Å². The fourth-order valence-corrected chi connectivity index (χ4v) is 2.89. The normalized spacial score (nSPS) is 20.8. The van der Waals surface area contributed by atoms with Crippen molar-refractivity contribution in [3.8, 4) is 5.75 Å². The molecule has 2 rings (SSSR count). The first-order valence-corrected chi connectivity index (χ1v) is 7.66. The molecule has 1 fully saturated rings. The van der Waals surface area contributed by atoms with E-state index >= 15 is 0 Å². The number of aromatic hydroxyl groups is 1. The van der Waals surface area contributed by atoms with Crippen LogP contribution in [0.2, 0.25) is 0 Å². The minimum Gasteiger partial charge on any atom is -0.507 e. The van der Waals surface area contributed by atoms with Crippen molar-refractivity contribution in [3.63, 3.8) is 0 Å². The van der Waals surface area contributed by atoms with Gasteiger partial charge in [-0.05, 0) is 79.6 Å². The van der Waals surface area contributed by atoms with Gasteiger partial charge in [0.1, 0.15) is 5.75 Å². The summed E-state index contributed by atoms with van der Waals surface area (Å²) in [6.07, 6.45) is 2.28. The average molecular weight is 374 g/mol. The predicted octanol–water partition coefficient (Wildman–Crippen LogP) is 2.11. The van der Waals surface area contributed by atoms with Gasteiger partial charge in [0.25, 0.3) is 5.91 Å². The molecule has 5 heteroatoms. The second-order valence-electron chi connectivity index (χ2n) is 5.03. The third kappa shape index (κ3) is 3.82. The molecule has 104 valence electrons. The van der Waals surface area contributed by atoms with Gasteiger partial charge in [-0.25, -0.2) is 0 Å². The fourth-order valence-electron chi connectivity index (χ4n) is 2.40. The van der Waals surface area contributed by atoms with E-state index in [9.17, 15) is 9.90 Å². The quantitative estimate of drug-likeness (QED) is 0.711. The van der Waals surface area contributed by atoms with E-state index in [0.29, 0.717) is 11.5 Å². The molecule has 0 aliphatic carbocycles. The van der Waals surface area contributed by atoms with Crippen LogP contribution in [0.1, 0.15) is 30.1 Å². The molecule has 3 N–H and O–H groups in total. The van der Waals surface area contributed by atoms with Gasteiger partial charge >= 0.3 is 0 Å². The number of phenols is 1. The van der Waals surface area contributed by atoms with Crippen molar-refractivity contribution in [2.75, 3.05) is 13.1 Å². The monoisotopic (exact) mass is 374 g/mol. The Morgan fingerprint density at radius 1 is 1.58 bits per heavy atom. The topological polar surface area (TPSA) is 61.4 Å². The summed E-state index contributed by atoms with van der Waals surface area (Å²) in [7, 11) is 0. The summed E-state index contributed by atoms with van der Waals surface area (Å²) < 4.78 is 0.938. The minimum absolute atomic E-state index is 0.0342. The van der Waals surface area contributed by atoms with Gasteiger partial charge in [0.2, 0.25) is 0 Å². The second-order valence-corrected chi connectivity index (χ2v) is 6.28. The molecule has 1 aliphatic rings. The van der Waals surface area contributed by atoms with Gasteiger partial charge in [-0.2, -0.15) is 0 Å². The molecule has 1 aliphatic heterocycles. The zero-order chi connectivity index (χ0) is 13.8. The lowest BCUT2D eigenvalue weighted by Crippen LogP contribution is -2.44. The van der Waals surface area contributed by atoms with E-state index < -0.39 is 0 Å². The van der Waals surface area contributed by atoms with Crippen LogP contribution in [0.4, 0.5) is 0 Å². The van der Waals surface area contributed by atoms with E-state index in [1.807, 2.05) is 6.92 Å². The summed E-state index contributed by atoms with van der Waals surface area (Å²) in [5.41, 5.74) is 0.350. The number of phenolic OH excluding ortho intramolecular Hbond substituents is 1. The Morgan fingerprint density at radius 3 is 3.05 bits per heavy atom. The van der Waals surface area contributed by atoms with Gasteiger partial charge in [0, 0.05) is 9.61 Å². The molecule has 19 heavy (non-hydrogen) atoms. The van der Waals surface area contributed by atoms with Gasteiger partial charge in [0.15, 0.2) is 0 Å². The molecule has 1 aromatic carbocycles. The smallest absolute Gasteiger partial charge is 0.255 e. The summed E-state index contributed by atoms with van der Waals surface area (Å²) in [4.78, 5) is 12.2. The van der Waals surface area contributed by atoms with Crippen LogP contribution in [0, 0.1) is 9.49 Å². The maximum atomic E-state index is 12.2. The van der Waals surface area contributed by atoms with E-state index in [1.165, 1.54) is 0 Å². The number of hydrogen-bond acceptors (Lipinski definition) is 3. The number of carbonyl (C=O) groups is 1. The molecule has 1 saturated heterocycles. The summed E-state index contributed by atoms with van der Waals surface area (Å²) in [6.45, 7) is 4.04. The number of amides is 1. The van der Waals surface area contributed by atoms with Crippen LogP contribution >= 0.6 is 22.6 Å². The second kappa shape index (κ2) is 6.56. The first-order chi connectivity index (χ1) is 9.08. The largest absolute Gasteiger partial charge is 0.507 e. The van der Waals surface area contributed by atoms with Crippen molar-refractivity contribution in [2.24, 2.45) is 5.92 Å². The maximum Gasteiger partial charge on any atom is 0.255 e. The summed E-state index contributed by atoms with van der Waals surface area (Å²) >= 11 is 2.13. The molecule has 0 bridgehead atoms. The Kier molecular flexibility index (Phi) is 5.04. The van der Waals surface area contributed by atoms with Crippen LogP contribution in [-0.2, 0) is 0 Å². The Bertz CT molecular complexity index is 459. The Labute approximate surface area is 127 Å². The standard InChI is InChI=1S/C14H19IN2O2/c1-9(10-3-2-6-16-8-10)17-14(19)12-7-11(15)4-5-13(12)18/h4-5,7,9-10,16,18H,2-3,6,8H2,1H3,(H,17,19).